The summed E-state index contributed by atoms with van der Waals surface area (Å²) in [6.07, 6.45) is 0. The standard InChI is InChI=1S/C8H34O7Si8/c1-20(12-19-11-18-10-17-9-16)13-22(5,6)15-23(7,8)14-21(2,3)4/h20H,17-19H2,1-8,16H3. The van der Waals surface area contributed by atoms with E-state index in [2.05, 4.69) is 45.8 Å². The van der Waals surface area contributed by atoms with Crippen LogP contribution >= 0.6 is 0 Å². The summed E-state index contributed by atoms with van der Waals surface area (Å²) in [7, 11) is -9.66. The second-order valence-electron chi connectivity index (χ2n) is 7.02. The summed E-state index contributed by atoms with van der Waals surface area (Å²) in [6, 6.07) is 0. The molecule has 140 valence electrons. The van der Waals surface area contributed by atoms with Crippen LogP contribution in [0.15, 0.2) is 0 Å². The smallest absolute Gasteiger partial charge is 0.313 e. The first-order valence-corrected chi connectivity index (χ1v) is 23.1. The summed E-state index contributed by atoms with van der Waals surface area (Å²) in [4.78, 5) is 0. The third-order valence-corrected chi connectivity index (χ3v) is 20.2. The van der Waals surface area contributed by atoms with Crippen molar-refractivity contribution in [2.24, 2.45) is 0 Å². The lowest BCUT2D eigenvalue weighted by atomic mass is 11.8. The third kappa shape index (κ3) is 15.4. The Morgan fingerprint density at radius 3 is 1.87 bits per heavy atom. The Morgan fingerprint density at radius 1 is 0.783 bits per heavy atom. The maximum atomic E-state index is 6.31. The zero-order chi connectivity index (χ0) is 18.1. The second kappa shape index (κ2) is 11.2. The van der Waals surface area contributed by atoms with Crippen LogP contribution in [0.1, 0.15) is 0 Å². The first-order chi connectivity index (χ1) is 10.4. The lowest BCUT2D eigenvalue weighted by Gasteiger charge is -2.37. The van der Waals surface area contributed by atoms with Gasteiger partial charge in [-0.1, -0.05) is 0 Å². The van der Waals surface area contributed by atoms with Gasteiger partial charge in [0.15, 0.2) is 8.32 Å². The molecular formula is C8H34O7Si8. The molecular weight excluding hydrogens is 433 g/mol. The Hall–Kier alpha value is 1.46. The zero-order valence-corrected chi connectivity index (χ0v) is 26.5. The van der Waals surface area contributed by atoms with Crippen LogP contribution in [0.25, 0.3) is 0 Å². The molecule has 0 heterocycles. The quantitative estimate of drug-likeness (QED) is 0.241. The Labute approximate surface area is 156 Å². The van der Waals surface area contributed by atoms with Crippen molar-refractivity contribution in [3.8, 4) is 0 Å². The van der Waals surface area contributed by atoms with Gasteiger partial charge in [-0.25, -0.2) is 0 Å². The molecule has 0 fully saturated rings. The molecule has 0 aliphatic rings. The Morgan fingerprint density at radius 2 is 1.35 bits per heavy atom. The van der Waals surface area contributed by atoms with E-state index in [1.807, 2.05) is 6.55 Å². The van der Waals surface area contributed by atoms with Gasteiger partial charge in [0.2, 0.25) is 0 Å². The highest BCUT2D eigenvalue weighted by atomic mass is 28.5. The van der Waals surface area contributed by atoms with Crippen LogP contribution in [0.3, 0.4) is 0 Å². The topological polar surface area (TPSA) is 64.6 Å². The van der Waals surface area contributed by atoms with Crippen LogP contribution in [0.2, 0.25) is 52.4 Å². The predicted octanol–water partition coefficient (Wildman–Crippen LogP) is -1.53. The van der Waals surface area contributed by atoms with Crippen LogP contribution in [0.4, 0.5) is 0 Å². The van der Waals surface area contributed by atoms with E-state index in [1.165, 1.54) is 0 Å². The second-order valence-corrected chi connectivity index (χ2v) is 28.2. The SMILES string of the molecule is C[SiH](O[SiH2]O[SiH2]O[SiH2]O[SiH3])O[Si](C)(C)O[Si](C)(C)O[Si](C)(C)C. The molecule has 0 N–H and O–H groups in total. The minimum atomic E-state index is -2.25. The summed E-state index contributed by atoms with van der Waals surface area (Å²) in [5.74, 6) is 0. The molecule has 0 saturated carbocycles. The minimum absolute atomic E-state index is 0.750. The Bertz CT molecular complexity index is 326. The van der Waals surface area contributed by atoms with E-state index in [4.69, 9.17) is 28.8 Å². The predicted molar refractivity (Wildman–Crippen MR) is 114 cm³/mol. The van der Waals surface area contributed by atoms with Gasteiger partial charge in [-0.2, -0.15) is 0 Å². The van der Waals surface area contributed by atoms with Crippen LogP contribution < -0.4 is 0 Å². The lowest BCUT2D eigenvalue weighted by molar-refractivity contribution is 0.307. The van der Waals surface area contributed by atoms with E-state index in [0.29, 0.717) is 0 Å². The first kappa shape index (κ1) is 24.5. The van der Waals surface area contributed by atoms with Gasteiger partial charge in [0.05, 0.1) is 0 Å². The molecule has 0 aromatic carbocycles. The van der Waals surface area contributed by atoms with Gasteiger partial charge in [-0.15, -0.1) is 0 Å². The molecule has 0 saturated heterocycles. The molecule has 0 amide bonds. The van der Waals surface area contributed by atoms with Crippen molar-refractivity contribution in [2.75, 3.05) is 0 Å². The lowest BCUT2D eigenvalue weighted by Crippen LogP contribution is -2.54. The monoisotopic (exact) mass is 466 g/mol. The van der Waals surface area contributed by atoms with Crippen molar-refractivity contribution >= 4 is 75.2 Å². The fraction of sp³-hybridized carbons (Fsp3) is 1.00. The average molecular weight is 467 g/mol. The summed E-state index contributed by atoms with van der Waals surface area (Å²) in [6.45, 7) is 16.9. The average Bonchev–Trinajstić information content (AvgIpc) is 2.27. The molecule has 0 aliphatic heterocycles. The van der Waals surface area contributed by atoms with Gasteiger partial charge in [0.25, 0.3) is 39.3 Å². The third-order valence-electron chi connectivity index (χ3n) is 2.25. The van der Waals surface area contributed by atoms with E-state index in [1.54, 1.807) is 0 Å². The van der Waals surface area contributed by atoms with Gasteiger partial charge in [0, 0.05) is 0 Å². The van der Waals surface area contributed by atoms with Gasteiger partial charge in [-0.05, 0) is 52.4 Å². The highest BCUT2D eigenvalue weighted by molar-refractivity contribution is 6.87. The van der Waals surface area contributed by atoms with Crippen LogP contribution in [-0.2, 0) is 28.8 Å². The molecule has 0 spiro atoms. The van der Waals surface area contributed by atoms with E-state index in [9.17, 15) is 0 Å². The first-order valence-electron chi connectivity index (χ1n) is 7.71. The Balaban J connectivity index is 4.14. The van der Waals surface area contributed by atoms with Crippen LogP contribution in [-0.4, -0.2) is 75.2 Å². The van der Waals surface area contributed by atoms with Crippen molar-refractivity contribution < 1.29 is 28.8 Å². The molecule has 0 rings (SSSR count). The normalized spacial score (nSPS) is 16.7. The molecule has 7 nitrogen and oxygen atoms in total. The summed E-state index contributed by atoms with van der Waals surface area (Å²) in [5.41, 5.74) is 0. The van der Waals surface area contributed by atoms with E-state index < -0.39 is 64.7 Å². The van der Waals surface area contributed by atoms with E-state index in [0.717, 1.165) is 10.5 Å². The molecule has 0 bridgehead atoms. The van der Waals surface area contributed by atoms with Gasteiger partial charge in [0.1, 0.15) is 10.5 Å². The molecule has 1 unspecified atom stereocenters. The van der Waals surface area contributed by atoms with Crippen molar-refractivity contribution in [1.29, 1.82) is 0 Å². The molecule has 0 aliphatic carbocycles. The van der Waals surface area contributed by atoms with Crippen molar-refractivity contribution in [2.45, 2.75) is 52.4 Å². The Kier molecular flexibility index (Phi) is 11.9. The van der Waals surface area contributed by atoms with Crippen molar-refractivity contribution in [1.82, 2.24) is 0 Å². The van der Waals surface area contributed by atoms with Crippen LogP contribution in [0, 0.1) is 0 Å². The zero-order valence-electron chi connectivity index (χ0n) is 16.1. The summed E-state index contributed by atoms with van der Waals surface area (Å²) >= 11 is 0. The summed E-state index contributed by atoms with van der Waals surface area (Å²) in [5, 5.41) is 0. The van der Waals surface area contributed by atoms with Crippen LogP contribution in [0.5, 0.6) is 0 Å². The molecule has 0 radical (unpaired) electrons. The van der Waals surface area contributed by atoms with Gasteiger partial charge >= 0.3 is 17.1 Å². The molecule has 1 atom stereocenters. The maximum Gasteiger partial charge on any atom is 0.313 e. The highest BCUT2D eigenvalue weighted by Gasteiger charge is 2.40. The van der Waals surface area contributed by atoms with Crippen molar-refractivity contribution in [3.05, 3.63) is 0 Å². The van der Waals surface area contributed by atoms with Crippen molar-refractivity contribution in [3.63, 3.8) is 0 Å². The number of hydrogen-bond acceptors (Lipinski definition) is 7. The van der Waals surface area contributed by atoms with Gasteiger partial charge in [-0.3, -0.25) is 0 Å². The fourth-order valence-corrected chi connectivity index (χ4v) is 24.3. The largest absolute Gasteiger partial charge is 0.449 e. The fourth-order valence-electron chi connectivity index (χ4n) is 2.16. The highest BCUT2D eigenvalue weighted by Crippen LogP contribution is 2.21. The molecule has 15 heteroatoms. The maximum absolute atomic E-state index is 6.31. The molecule has 0 aromatic rings. The molecule has 0 aromatic heterocycles. The summed E-state index contributed by atoms with van der Waals surface area (Å²) < 4.78 is 40.4. The number of hydrogen-bond donors (Lipinski definition) is 0. The van der Waals surface area contributed by atoms with E-state index in [-0.39, 0.29) is 0 Å². The molecule has 23 heavy (non-hydrogen) atoms. The minimum Gasteiger partial charge on any atom is -0.449 e. The van der Waals surface area contributed by atoms with E-state index >= 15 is 0 Å². The number of rotatable bonds is 13. The van der Waals surface area contributed by atoms with Gasteiger partial charge < -0.3 is 28.8 Å².